The molecule has 2 unspecified atom stereocenters. The van der Waals surface area contributed by atoms with Crippen LogP contribution in [0.25, 0.3) is 0 Å². The van der Waals surface area contributed by atoms with Crippen molar-refractivity contribution >= 4 is 23.5 Å². The number of para-hydroxylation sites is 1. The van der Waals surface area contributed by atoms with Gasteiger partial charge in [0, 0.05) is 10.6 Å². The standard InChI is InChI=1S/C19H20ClN5O/c1-2-26-17-6-4-3-5-14(17)16-11-15(12-7-9-13(20)10-8-12)22-19-23-18(21)24-25(16)19/h3-10,15-16H,2,11H2,1H3,(H3,21,22,23,24). The number of halogens is 1. The van der Waals surface area contributed by atoms with Gasteiger partial charge in [0.1, 0.15) is 5.75 Å². The number of nitrogens with one attached hydrogen (secondary N) is 1. The van der Waals surface area contributed by atoms with Crippen molar-refractivity contribution < 1.29 is 4.74 Å². The SMILES string of the molecule is CCOc1ccccc1C1CC(c2ccc(Cl)cc2)Nc2nc(N)nn21. The summed E-state index contributed by atoms with van der Waals surface area (Å²) in [7, 11) is 0. The molecule has 0 bridgehead atoms. The molecule has 2 aromatic carbocycles. The zero-order valence-corrected chi connectivity index (χ0v) is 15.1. The second-order valence-electron chi connectivity index (χ2n) is 6.21. The Balaban J connectivity index is 1.77. The molecule has 134 valence electrons. The summed E-state index contributed by atoms with van der Waals surface area (Å²) < 4.78 is 7.68. The van der Waals surface area contributed by atoms with E-state index in [1.807, 2.05) is 54.1 Å². The lowest BCUT2D eigenvalue weighted by Gasteiger charge is -2.32. The molecule has 3 aromatic rings. The van der Waals surface area contributed by atoms with Crippen LogP contribution in [0, 0.1) is 0 Å². The lowest BCUT2D eigenvalue weighted by molar-refractivity contribution is 0.325. The zero-order valence-electron chi connectivity index (χ0n) is 14.4. The molecule has 0 spiro atoms. The highest BCUT2D eigenvalue weighted by Gasteiger charge is 2.32. The summed E-state index contributed by atoms with van der Waals surface area (Å²) in [5.41, 5.74) is 8.08. The number of ether oxygens (including phenoxy) is 1. The number of hydrogen-bond acceptors (Lipinski definition) is 5. The first-order chi connectivity index (χ1) is 12.7. The predicted molar refractivity (Wildman–Crippen MR) is 103 cm³/mol. The second-order valence-corrected chi connectivity index (χ2v) is 6.65. The molecule has 0 saturated heterocycles. The molecule has 1 aliphatic heterocycles. The molecule has 2 atom stereocenters. The normalized spacial score (nSPS) is 18.8. The summed E-state index contributed by atoms with van der Waals surface area (Å²) in [5.74, 6) is 1.77. The average Bonchev–Trinajstić information content (AvgIpc) is 3.02. The number of fused-ring (bicyclic) bond motifs is 1. The molecule has 0 fully saturated rings. The van der Waals surface area contributed by atoms with Gasteiger partial charge in [-0.1, -0.05) is 41.9 Å². The van der Waals surface area contributed by atoms with Gasteiger partial charge in [0.15, 0.2) is 0 Å². The number of anilines is 2. The number of aromatic nitrogens is 3. The smallest absolute Gasteiger partial charge is 0.241 e. The number of nitrogen functional groups attached to an aromatic ring is 1. The first-order valence-electron chi connectivity index (χ1n) is 8.61. The summed E-state index contributed by atoms with van der Waals surface area (Å²) >= 11 is 6.04. The summed E-state index contributed by atoms with van der Waals surface area (Å²) in [6.45, 7) is 2.59. The Morgan fingerprint density at radius 2 is 2.00 bits per heavy atom. The largest absolute Gasteiger partial charge is 0.494 e. The van der Waals surface area contributed by atoms with Crippen molar-refractivity contribution in [3.8, 4) is 5.75 Å². The monoisotopic (exact) mass is 369 g/mol. The number of nitrogens with zero attached hydrogens (tertiary/aromatic N) is 3. The van der Waals surface area contributed by atoms with Gasteiger partial charge in [0.2, 0.25) is 11.9 Å². The van der Waals surface area contributed by atoms with Crippen LogP contribution in [0.15, 0.2) is 48.5 Å². The molecule has 0 aliphatic carbocycles. The Hall–Kier alpha value is -2.73. The molecule has 3 N–H and O–H groups in total. The third kappa shape index (κ3) is 3.08. The topological polar surface area (TPSA) is 78.0 Å². The molecule has 0 amide bonds. The van der Waals surface area contributed by atoms with E-state index in [2.05, 4.69) is 21.5 Å². The number of nitrogens with two attached hydrogens (primary N) is 1. The van der Waals surface area contributed by atoms with Crippen molar-refractivity contribution in [3.63, 3.8) is 0 Å². The van der Waals surface area contributed by atoms with Crippen molar-refractivity contribution in [2.24, 2.45) is 0 Å². The maximum atomic E-state index is 6.04. The molecule has 1 aromatic heterocycles. The van der Waals surface area contributed by atoms with E-state index < -0.39 is 0 Å². The quantitative estimate of drug-likeness (QED) is 0.725. The van der Waals surface area contributed by atoms with E-state index in [1.54, 1.807) is 0 Å². The highest BCUT2D eigenvalue weighted by molar-refractivity contribution is 6.30. The fourth-order valence-electron chi connectivity index (χ4n) is 3.41. The Morgan fingerprint density at radius 3 is 2.77 bits per heavy atom. The summed E-state index contributed by atoms with van der Waals surface area (Å²) in [5, 5.41) is 8.54. The Labute approximate surface area is 156 Å². The van der Waals surface area contributed by atoms with Gasteiger partial charge in [-0.05, 0) is 37.1 Å². The van der Waals surface area contributed by atoms with E-state index >= 15 is 0 Å². The van der Waals surface area contributed by atoms with E-state index in [0.29, 0.717) is 12.6 Å². The van der Waals surface area contributed by atoms with Crippen LogP contribution in [0.5, 0.6) is 5.75 Å². The van der Waals surface area contributed by atoms with Gasteiger partial charge in [-0.2, -0.15) is 4.98 Å². The minimum atomic E-state index is -0.0283. The summed E-state index contributed by atoms with van der Waals surface area (Å²) in [4.78, 5) is 4.35. The van der Waals surface area contributed by atoms with Gasteiger partial charge >= 0.3 is 0 Å². The third-order valence-corrected chi connectivity index (χ3v) is 4.81. The summed E-state index contributed by atoms with van der Waals surface area (Å²) in [6, 6.07) is 15.9. The minimum absolute atomic E-state index is 0.0283. The van der Waals surface area contributed by atoms with Crippen molar-refractivity contribution in [3.05, 3.63) is 64.7 Å². The molecule has 1 aliphatic rings. The van der Waals surface area contributed by atoms with Crippen LogP contribution >= 0.6 is 11.6 Å². The predicted octanol–water partition coefficient (Wildman–Crippen LogP) is 4.06. The number of hydrogen-bond donors (Lipinski definition) is 2. The molecule has 0 saturated carbocycles. The Bertz CT molecular complexity index is 909. The van der Waals surface area contributed by atoms with Crippen LogP contribution in [0.3, 0.4) is 0 Å². The zero-order chi connectivity index (χ0) is 18.1. The van der Waals surface area contributed by atoms with E-state index in [-0.39, 0.29) is 18.0 Å². The number of rotatable bonds is 4. The molecule has 6 nitrogen and oxygen atoms in total. The maximum absolute atomic E-state index is 6.04. The van der Waals surface area contributed by atoms with Crippen LogP contribution in [-0.4, -0.2) is 21.4 Å². The van der Waals surface area contributed by atoms with Crippen LogP contribution < -0.4 is 15.8 Å². The molecule has 2 heterocycles. The lowest BCUT2D eigenvalue weighted by Crippen LogP contribution is -2.28. The second kappa shape index (κ2) is 6.88. The highest BCUT2D eigenvalue weighted by Crippen LogP contribution is 2.41. The van der Waals surface area contributed by atoms with Crippen LogP contribution in [0.4, 0.5) is 11.9 Å². The molecular weight excluding hydrogens is 350 g/mol. The van der Waals surface area contributed by atoms with Crippen LogP contribution in [0.1, 0.15) is 36.6 Å². The molecule has 0 radical (unpaired) electrons. The van der Waals surface area contributed by atoms with E-state index in [9.17, 15) is 0 Å². The van der Waals surface area contributed by atoms with Gasteiger partial charge in [-0.25, -0.2) is 4.68 Å². The van der Waals surface area contributed by atoms with Crippen LogP contribution in [0.2, 0.25) is 5.02 Å². The minimum Gasteiger partial charge on any atom is -0.494 e. The lowest BCUT2D eigenvalue weighted by atomic mass is 9.93. The first-order valence-corrected chi connectivity index (χ1v) is 8.99. The van der Waals surface area contributed by atoms with Crippen molar-refractivity contribution in [1.29, 1.82) is 0 Å². The first kappa shape index (κ1) is 16.7. The van der Waals surface area contributed by atoms with Crippen molar-refractivity contribution in [2.75, 3.05) is 17.7 Å². The van der Waals surface area contributed by atoms with E-state index in [1.165, 1.54) is 0 Å². The van der Waals surface area contributed by atoms with Gasteiger partial charge in [0.05, 0.1) is 18.7 Å². The average molecular weight is 370 g/mol. The molecule has 26 heavy (non-hydrogen) atoms. The highest BCUT2D eigenvalue weighted by atomic mass is 35.5. The fourth-order valence-corrected chi connectivity index (χ4v) is 3.54. The van der Waals surface area contributed by atoms with Gasteiger partial charge in [-0.3, -0.25) is 0 Å². The van der Waals surface area contributed by atoms with Gasteiger partial charge in [0.25, 0.3) is 0 Å². The van der Waals surface area contributed by atoms with E-state index in [4.69, 9.17) is 22.1 Å². The van der Waals surface area contributed by atoms with Crippen LogP contribution in [-0.2, 0) is 0 Å². The van der Waals surface area contributed by atoms with E-state index in [0.717, 1.165) is 28.3 Å². The fraction of sp³-hybridized carbons (Fsp3) is 0.263. The molecule has 4 rings (SSSR count). The molecule has 7 heteroatoms. The van der Waals surface area contributed by atoms with Crippen molar-refractivity contribution in [2.45, 2.75) is 25.4 Å². The third-order valence-electron chi connectivity index (χ3n) is 4.56. The van der Waals surface area contributed by atoms with Gasteiger partial charge < -0.3 is 15.8 Å². The Kier molecular flexibility index (Phi) is 4.42. The Morgan fingerprint density at radius 1 is 1.23 bits per heavy atom. The molecular formula is C19H20ClN5O. The van der Waals surface area contributed by atoms with Crippen molar-refractivity contribution in [1.82, 2.24) is 14.8 Å². The summed E-state index contributed by atoms with van der Waals surface area (Å²) in [6.07, 6.45) is 0.793. The van der Waals surface area contributed by atoms with Gasteiger partial charge in [-0.15, -0.1) is 5.10 Å². The maximum Gasteiger partial charge on any atom is 0.241 e. The number of benzene rings is 2.